The van der Waals surface area contributed by atoms with Gasteiger partial charge in [0.05, 0.1) is 36.3 Å². The smallest absolute Gasteiger partial charge is 0.325 e. The van der Waals surface area contributed by atoms with Crippen molar-refractivity contribution in [2.45, 2.75) is 25.9 Å². The molecule has 0 atom stereocenters. The van der Waals surface area contributed by atoms with Crippen LogP contribution in [0.25, 0.3) is 33.2 Å². The van der Waals surface area contributed by atoms with Crippen LogP contribution in [0.15, 0.2) is 84.9 Å². The molecule has 0 aliphatic heterocycles. The van der Waals surface area contributed by atoms with E-state index in [4.69, 9.17) is 42.6 Å². The van der Waals surface area contributed by atoms with E-state index in [1.54, 1.807) is 0 Å². The van der Waals surface area contributed by atoms with E-state index >= 15 is 0 Å². The molecule has 6 aromatic rings. The van der Waals surface area contributed by atoms with Crippen molar-refractivity contribution in [3.63, 3.8) is 0 Å². The molecule has 4 aromatic carbocycles. The minimum atomic E-state index is -0.366. The van der Waals surface area contributed by atoms with Gasteiger partial charge in [-0.15, -0.1) is 0 Å². The van der Waals surface area contributed by atoms with Gasteiger partial charge >= 0.3 is 11.9 Å². The lowest BCUT2D eigenvalue weighted by molar-refractivity contribution is -0.142. The summed E-state index contributed by atoms with van der Waals surface area (Å²) in [6.45, 7) is 0.0634. The number of esters is 2. The van der Waals surface area contributed by atoms with Crippen LogP contribution in [-0.4, -0.2) is 45.3 Å². The fourth-order valence-corrected chi connectivity index (χ4v) is 5.76. The van der Waals surface area contributed by atoms with Crippen molar-refractivity contribution >= 4 is 57.2 Å². The molecule has 0 unspecified atom stereocenters. The van der Waals surface area contributed by atoms with Crippen molar-refractivity contribution in [1.82, 2.24) is 19.1 Å². The van der Waals surface area contributed by atoms with Gasteiger partial charge in [0.25, 0.3) is 0 Å². The van der Waals surface area contributed by atoms with Crippen LogP contribution in [-0.2, 0) is 45.0 Å². The molecule has 0 aliphatic carbocycles. The number of rotatable bonds is 9. The zero-order valence-electron chi connectivity index (χ0n) is 24.1. The largest absolute Gasteiger partial charge is 0.468 e. The van der Waals surface area contributed by atoms with Crippen LogP contribution < -0.4 is 0 Å². The third-order valence-electron chi connectivity index (χ3n) is 7.63. The first kappa shape index (κ1) is 29.4. The fourth-order valence-electron chi connectivity index (χ4n) is 5.35. The average Bonchev–Trinajstić information content (AvgIpc) is 3.54. The normalized spacial score (nSPS) is 11.3. The van der Waals surface area contributed by atoms with Crippen molar-refractivity contribution in [1.29, 1.82) is 0 Å². The van der Waals surface area contributed by atoms with Crippen LogP contribution in [0.2, 0.25) is 10.0 Å². The molecule has 0 saturated heterocycles. The Kier molecular flexibility index (Phi) is 8.37. The molecular weight excluding hydrogens is 599 g/mol. The molecular formula is C34H28Cl2N4O4. The predicted molar refractivity (Wildman–Crippen MR) is 171 cm³/mol. The molecule has 44 heavy (non-hydrogen) atoms. The predicted octanol–water partition coefficient (Wildman–Crippen LogP) is 6.89. The molecule has 8 nitrogen and oxygen atoms in total. The minimum Gasteiger partial charge on any atom is -0.468 e. The number of halogens is 2. The summed E-state index contributed by atoms with van der Waals surface area (Å²) in [6, 6.07) is 27.1. The molecule has 0 N–H and O–H groups in total. The highest BCUT2D eigenvalue weighted by Crippen LogP contribution is 2.30. The summed E-state index contributed by atoms with van der Waals surface area (Å²) in [5.74, 6) is 0.678. The molecule has 2 heterocycles. The van der Waals surface area contributed by atoms with Gasteiger partial charge in [-0.3, -0.25) is 9.59 Å². The van der Waals surface area contributed by atoms with Gasteiger partial charge in [-0.1, -0.05) is 71.7 Å². The zero-order valence-corrected chi connectivity index (χ0v) is 25.6. The molecule has 0 bridgehead atoms. The topological polar surface area (TPSA) is 88.2 Å². The number of carbonyl (C=O) groups excluding carboxylic acids is 2. The molecule has 0 fully saturated rings. The van der Waals surface area contributed by atoms with Gasteiger partial charge in [0.2, 0.25) is 0 Å². The first-order chi connectivity index (χ1) is 21.3. The van der Waals surface area contributed by atoms with Crippen LogP contribution in [0.4, 0.5) is 0 Å². The molecule has 0 aliphatic rings. The average molecular weight is 628 g/mol. The lowest BCUT2D eigenvalue weighted by atomic mass is 10.0. The number of hydrogen-bond acceptors (Lipinski definition) is 6. The molecule has 0 spiro atoms. The van der Waals surface area contributed by atoms with Crippen molar-refractivity contribution < 1.29 is 19.1 Å². The number of methoxy groups -OCH3 is 2. The molecule has 10 heteroatoms. The second-order valence-electron chi connectivity index (χ2n) is 10.3. The van der Waals surface area contributed by atoms with E-state index in [1.807, 2.05) is 94.1 Å². The number of carbonyl (C=O) groups is 2. The van der Waals surface area contributed by atoms with Crippen LogP contribution in [0.1, 0.15) is 22.8 Å². The summed E-state index contributed by atoms with van der Waals surface area (Å²) < 4.78 is 13.7. The highest BCUT2D eigenvalue weighted by Gasteiger charge is 2.19. The van der Waals surface area contributed by atoms with Gasteiger partial charge in [-0.05, 0) is 58.7 Å². The lowest BCUT2D eigenvalue weighted by Crippen LogP contribution is -2.14. The van der Waals surface area contributed by atoms with E-state index in [0.29, 0.717) is 34.5 Å². The van der Waals surface area contributed by atoms with Crippen molar-refractivity contribution in [2.75, 3.05) is 14.2 Å². The summed E-state index contributed by atoms with van der Waals surface area (Å²) in [5, 5.41) is 1.28. The monoisotopic (exact) mass is 626 g/mol. The Morgan fingerprint density at radius 2 is 1.05 bits per heavy atom. The Morgan fingerprint density at radius 3 is 1.43 bits per heavy atom. The highest BCUT2D eigenvalue weighted by molar-refractivity contribution is 6.31. The highest BCUT2D eigenvalue weighted by atomic mass is 35.5. The van der Waals surface area contributed by atoms with Gasteiger partial charge in [0.15, 0.2) is 0 Å². The molecule has 6 rings (SSSR count). The first-order valence-electron chi connectivity index (χ1n) is 13.9. The number of hydrogen-bond donors (Lipinski definition) is 0. The van der Waals surface area contributed by atoms with Gasteiger partial charge < -0.3 is 18.6 Å². The Hall–Kier alpha value is -4.66. The summed E-state index contributed by atoms with van der Waals surface area (Å²) >= 11 is 12.9. The maximum atomic E-state index is 12.3. The van der Waals surface area contributed by atoms with E-state index in [1.165, 1.54) is 14.2 Å². The van der Waals surface area contributed by atoms with E-state index in [9.17, 15) is 9.59 Å². The molecule has 222 valence electrons. The second-order valence-corrected chi connectivity index (χ2v) is 11.1. The standard InChI is InChI=1S/C34H28Cl2N4O4/c1-43-33(41)19-39-29-13-11-21(15-27(29)37-31(39)17-23-7-3-5-9-25(23)35)22-12-14-30-28(16-22)38-32(40(30)20-34(42)44-2)18-24-8-4-6-10-26(24)36/h3-16H,17-20H2,1-2H3. The van der Waals surface area contributed by atoms with Gasteiger partial charge in [0.1, 0.15) is 24.7 Å². The van der Waals surface area contributed by atoms with Crippen molar-refractivity contribution in [3.05, 3.63) is 118 Å². The number of fused-ring (bicyclic) bond motifs is 2. The Labute approximate surface area is 263 Å². The number of imidazole rings is 2. The maximum Gasteiger partial charge on any atom is 0.325 e. The fraction of sp³-hybridized carbons (Fsp3) is 0.176. The number of benzene rings is 4. The van der Waals surface area contributed by atoms with Crippen molar-refractivity contribution in [3.8, 4) is 11.1 Å². The Balaban J connectivity index is 1.40. The minimum absolute atomic E-state index is 0.0317. The van der Waals surface area contributed by atoms with Crippen LogP contribution >= 0.6 is 23.2 Å². The van der Waals surface area contributed by atoms with Gasteiger partial charge in [0, 0.05) is 22.9 Å². The Morgan fingerprint density at radius 1 is 0.636 bits per heavy atom. The quantitative estimate of drug-likeness (QED) is 0.162. The number of aromatic nitrogens is 4. The van der Waals surface area contributed by atoms with Crippen LogP contribution in [0.3, 0.4) is 0 Å². The van der Waals surface area contributed by atoms with E-state index in [-0.39, 0.29) is 25.0 Å². The van der Waals surface area contributed by atoms with E-state index < -0.39 is 0 Å². The SMILES string of the molecule is COC(=O)Cn1c(Cc2ccccc2Cl)nc2cc(-c3ccc4c(c3)nc(Cc3ccccc3Cl)n4CC(=O)OC)ccc21. The summed E-state index contributed by atoms with van der Waals surface area (Å²) in [5.41, 5.74) is 6.79. The Bertz CT molecular complexity index is 1890. The van der Waals surface area contributed by atoms with E-state index in [2.05, 4.69) is 0 Å². The van der Waals surface area contributed by atoms with Crippen molar-refractivity contribution in [2.24, 2.45) is 0 Å². The third kappa shape index (κ3) is 5.91. The summed E-state index contributed by atoms with van der Waals surface area (Å²) in [6.07, 6.45) is 0.914. The van der Waals surface area contributed by atoms with Gasteiger partial charge in [-0.25, -0.2) is 9.97 Å². The third-order valence-corrected chi connectivity index (χ3v) is 8.37. The summed E-state index contributed by atoms with van der Waals surface area (Å²) in [4.78, 5) is 34.5. The number of nitrogens with zero attached hydrogens (tertiary/aromatic N) is 4. The summed E-state index contributed by atoms with van der Waals surface area (Å²) in [7, 11) is 2.74. The first-order valence-corrected chi connectivity index (χ1v) is 14.7. The van der Waals surface area contributed by atoms with Crippen LogP contribution in [0.5, 0.6) is 0 Å². The van der Waals surface area contributed by atoms with Gasteiger partial charge in [-0.2, -0.15) is 0 Å². The second kappa shape index (κ2) is 12.5. The molecule has 0 amide bonds. The molecule has 2 aromatic heterocycles. The maximum absolute atomic E-state index is 12.3. The zero-order chi connectivity index (χ0) is 30.8. The molecule has 0 radical (unpaired) electrons. The van der Waals surface area contributed by atoms with Crippen LogP contribution in [0, 0.1) is 0 Å². The number of ether oxygens (including phenoxy) is 2. The lowest BCUT2D eigenvalue weighted by Gasteiger charge is -2.10. The molecule has 0 saturated carbocycles. The van der Waals surface area contributed by atoms with E-state index in [0.717, 1.165) is 44.3 Å².